The average molecular weight is 526 g/mol. The van der Waals surface area contributed by atoms with Gasteiger partial charge in [-0.15, -0.1) is 11.3 Å². The number of nitrogens with zero attached hydrogens (tertiary/aromatic N) is 2. The Morgan fingerprint density at radius 3 is 2.42 bits per heavy atom. The van der Waals surface area contributed by atoms with Gasteiger partial charge in [-0.25, -0.2) is 4.98 Å². The van der Waals surface area contributed by atoms with Crippen LogP contribution >= 0.6 is 22.9 Å². The van der Waals surface area contributed by atoms with Crippen molar-refractivity contribution in [2.45, 2.75) is 31.7 Å². The molecule has 1 aromatic carbocycles. The summed E-state index contributed by atoms with van der Waals surface area (Å²) in [4.78, 5) is 8.84. The maximum Gasteiger partial charge on any atom is 0.471 e. The lowest BCUT2D eigenvalue weighted by atomic mass is 10.1. The summed E-state index contributed by atoms with van der Waals surface area (Å²) in [6.45, 7) is 4.15. The van der Waals surface area contributed by atoms with Crippen LogP contribution in [0.15, 0.2) is 41.9 Å². The van der Waals surface area contributed by atoms with Gasteiger partial charge in [0.15, 0.2) is 0 Å². The number of alkyl halides is 5. The number of anilines is 1. The fraction of sp³-hybridized carbons (Fsp3) is 0.300. The molecule has 3 aromatic rings. The second-order valence-corrected chi connectivity index (χ2v) is 10.5. The average Bonchev–Trinajstić information content (AvgIpc) is 3.16. The fourth-order valence-corrected chi connectivity index (χ4v) is 4.79. The summed E-state index contributed by atoms with van der Waals surface area (Å²) in [5.41, 5.74) is 1.98. The Labute approximate surface area is 195 Å². The van der Waals surface area contributed by atoms with Crippen LogP contribution in [0.5, 0.6) is 0 Å². The van der Waals surface area contributed by atoms with Crippen molar-refractivity contribution in [1.29, 1.82) is 0 Å². The van der Waals surface area contributed by atoms with Gasteiger partial charge >= 0.3 is 21.5 Å². The largest absolute Gasteiger partial charge is 0.471 e. The molecule has 0 saturated heterocycles. The van der Waals surface area contributed by atoms with Gasteiger partial charge in [0.1, 0.15) is 5.01 Å². The minimum absolute atomic E-state index is 0.0856. The molecule has 33 heavy (non-hydrogen) atoms. The zero-order chi connectivity index (χ0) is 24.6. The summed E-state index contributed by atoms with van der Waals surface area (Å²) in [5.74, 6) is 0.422. The number of hydrogen-bond donors (Lipinski definition) is 1. The molecule has 178 valence electrons. The predicted octanol–water partition coefficient (Wildman–Crippen LogP) is 6.62. The molecule has 5 nitrogen and oxygen atoms in total. The number of rotatable bonds is 7. The lowest BCUT2D eigenvalue weighted by molar-refractivity contribution is -0.241. The highest BCUT2D eigenvalue weighted by molar-refractivity contribution is 7.93. The maximum atomic E-state index is 13.3. The first-order valence-electron chi connectivity index (χ1n) is 9.39. The maximum absolute atomic E-state index is 13.3. The number of sulfonamides is 1. The van der Waals surface area contributed by atoms with Crippen LogP contribution in [0, 0.1) is 5.92 Å². The van der Waals surface area contributed by atoms with Gasteiger partial charge in [0.25, 0.3) is 0 Å². The predicted molar refractivity (Wildman–Crippen MR) is 118 cm³/mol. The molecular formula is C20H17ClF5N3O2S2. The summed E-state index contributed by atoms with van der Waals surface area (Å²) in [6.07, 6.45) is -3.80. The van der Waals surface area contributed by atoms with Crippen LogP contribution in [0.2, 0.25) is 5.02 Å². The summed E-state index contributed by atoms with van der Waals surface area (Å²) in [6, 6.07) is 6.96. The SMILES string of the molecule is CC(C)Cc1cc(-c2nc(-c3ccc(NS(=O)(=O)C(F)(F)C(F)(F)F)cc3Cl)cs2)ccn1. The molecule has 13 heteroatoms. The summed E-state index contributed by atoms with van der Waals surface area (Å²) in [5, 5.41) is -3.70. The van der Waals surface area contributed by atoms with E-state index in [0.717, 1.165) is 29.8 Å². The summed E-state index contributed by atoms with van der Waals surface area (Å²) in [7, 11) is -6.10. The summed E-state index contributed by atoms with van der Waals surface area (Å²) < 4.78 is 88.1. The molecule has 3 rings (SSSR count). The van der Waals surface area contributed by atoms with Gasteiger partial charge in [-0.1, -0.05) is 25.4 Å². The van der Waals surface area contributed by atoms with Crippen molar-refractivity contribution in [2.75, 3.05) is 4.72 Å². The molecule has 0 atom stereocenters. The van der Waals surface area contributed by atoms with Gasteiger partial charge < -0.3 is 0 Å². The lowest BCUT2D eigenvalue weighted by Gasteiger charge is -2.20. The zero-order valence-corrected chi connectivity index (χ0v) is 19.5. The first-order chi connectivity index (χ1) is 15.2. The molecule has 0 aliphatic rings. The van der Waals surface area contributed by atoms with E-state index in [1.807, 2.05) is 6.07 Å². The Morgan fingerprint density at radius 1 is 1.12 bits per heavy atom. The van der Waals surface area contributed by atoms with E-state index in [2.05, 4.69) is 23.8 Å². The molecule has 0 bridgehead atoms. The summed E-state index contributed by atoms with van der Waals surface area (Å²) >= 11 is 7.47. The molecule has 2 heterocycles. The molecular weight excluding hydrogens is 509 g/mol. The quantitative estimate of drug-likeness (QED) is 0.352. The van der Waals surface area contributed by atoms with Crippen molar-refractivity contribution in [1.82, 2.24) is 9.97 Å². The van der Waals surface area contributed by atoms with E-state index in [4.69, 9.17) is 11.6 Å². The molecule has 0 aliphatic carbocycles. The molecule has 0 spiro atoms. The first-order valence-corrected chi connectivity index (χ1v) is 12.1. The highest BCUT2D eigenvalue weighted by Crippen LogP contribution is 2.41. The molecule has 1 N–H and O–H groups in total. The number of pyridine rings is 1. The van der Waals surface area contributed by atoms with Crippen LogP contribution in [0.4, 0.5) is 27.6 Å². The highest BCUT2D eigenvalue weighted by atomic mass is 35.5. The number of hydrogen-bond acceptors (Lipinski definition) is 5. The van der Waals surface area contributed by atoms with E-state index >= 15 is 0 Å². The number of nitrogens with one attached hydrogen (secondary N) is 1. The molecule has 0 fully saturated rings. The van der Waals surface area contributed by atoms with Crippen LogP contribution in [-0.2, 0) is 16.4 Å². The molecule has 0 radical (unpaired) electrons. The normalized spacial score (nSPS) is 12.9. The van der Waals surface area contributed by atoms with Crippen molar-refractivity contribution < 1.29 is 30.4 Å². The Hall–Kier alpha value is -2.31. The third-order valence-electron chi connectivity index (χ3n) is 4.35. The van der Waals surface area contributed by atoms with Crippen molar-refractivity contribution >= 4 is 38.6 Å². The second kappa shape index (κ2) is 9.15. The standard InChI is InChI=1S/C20H17ClF5N3O2S2/c1-11(2)7-14-8-12(5-6-27-14)18-28-17(10-32-18)15-4-3-13(9-16(15)21)29-33(30,31)20(25,26)19(22,23)24/h3-6,8-11,29H,7H2,1-2H3. The third-order valence-corrected chi connectivity index (χ3v) is 6.96. The van der Waals surface area contributed by atoms with Gasteiger partial charge in [-0.3, -0.25) is 9.71 Å². The van der Waals surface area contributed by atoms with Crippen molar-refractivity contribution in [3.8, 4) is 21.8 Å². The van der Waals surface area contributed by atoms with Crippen LogP contribution in [0.25, 0.3) is 21.8 Å². The van der Waals surface area contributed by atoms with Crippen LogP contribution in [-0.4, -0.2) is 29.8 Å². The number of halogens is 6. The van der Waals surface area contributed by atoms with Gasteiger partial charge in [-0.05, 0) is 42.7 Å². The van der Waals surface area contributed by atoms with E-state index in [9.17, 15) is 30.4 Å². The minimum Gasteiger partial charge on any atom is -0.278 e. The first kappa shape index (κ1) is 25.3. The van der Waals surface area contributed by atoms with Crippen molar-refractivity contribution in [2.24, 2.45) is 5.92 Å². The van der Waals surface area contributed by atoms with Crippen LogP contribution in [0.3, 0.4) is 0 Å². The lowest BCUT2D eigenvalue weighted by Crippen LogP contribution is -2.46. The van der Waals surface area contributed by atoms with Crippen molar-refractivity contribution in [3.63, 3.8) is 0 Å². The van der Waals surface area contributed by atoms with E-state index in [1.54, 1.807) is 17.6 Å². The number of benzene rings is 1. The Kier molecular flexibility index (Phi) is 7.02. The molecule has 2 aromatic heterocycles. The molecule has 0 aliphatic heterocycles. The zero-order valence-electron chi connectivity index (χ0n) is 17.1. The monoisotopic (exact) mass is 525 g/mol. The fourth-order valence-electron chi connectivity index (χ4n) is 2.83. The second-order valence-electron chi connectivity index (χ2n) is 7.49. The molecule has 0 unspecified atom stereocenters. The number of thiazole rings is 1. The van der Waals surface area contributed by atoms with Gasteiger partial charge in [-0.2, -0.15) is 30.4 Å². The third kappa shape index (κ3) is 5.44. The van der Waals surface area contributed by atoms with E-state index in [1.165, 1.54) is 22.1 Å². The van der Waals surface area contributed by atoms with Crippen LogP contribution in [0.1, 0.15) is 19.5 Å². The van der Waals surface area contributed by atoms with E-state index < -0.39 is 27.1 Å². The van der Waals surface area contributed by atoms with E-state index in [0.29, 0.717) is 22.2 Å². The molecule has 0 amide bonds. The van der Waals surface area contributed by atoms with E-state index in [-0.39, 0.29) is 5.02 Å². The molecule has 0 saturated carbocycles. The highest BCUT2D eigenvalue weighted by Gasteiger charge is 2.67. The van der Waals surface area contributed by atoms with Crippen LogP contribution < -0.4 is 4.72 Å². The van der Waals surface area contributed by atoms with Gasteiger partial charge in [0, 0.05) is 28.4 Å². The van der Waals surface area contributed by atoms with Crippen molar-refractivity contribution in [3.05, 3.63) is 52.6 Å². The smallest absolute Gasteiger partial charge is 0.278 e. The Balaban J connectivity index is 1.85. The Bertz CT molecular complexity index is 1260. The Morgan fingerprint density at radius 2 is 1.82 bits per heavy atom. The van der Waals surface area contributed by atoms with Gasteiger partial charge in [0.05, 0.1) is 16.4 Å². The minimum atomic E-state index is -6.28. The van der Waals surface area contributed by atoms with Gasteiger partial charge in [0.2, 0.25) is 0 Å². The number of aromatic nitrogens is 2. The topological polar surface area (TPSA) is 72.0 Å².